The molecule has 1 heterocycles. The fourth-order valence-electron chi connectivity index (χ4n) is 1.70. The molecular formula is C12H14N2O2. The molecule has 0 saturated heterocycles. The zero-order valence-electron chi connectivity index (χ0n) is 9.12. The van der Waals surface area contributed by atoms with Crippen molar-refractivity contribution in [3.8, 4) is 0 Å². The molecule has 0 saturated carbocycles. The topological polar surface area (TPSA) is 68.1 Å². The smallest absolute Gasteiger partial charge is 0.338 e. The largest absolute Gasteiger partial charge is 0.462 e. The third-order valence-corrected chi connectivity index (χ3v) is 2.50. The Bertz CT molecular complexity index is 517. The Morgan fingerprint density at radius 1 is 1.50 bits per heavy atom. The minimum absolute atomic E-state index is 0.298. The number of carbonyl (C=O) groups is 1. The first-order chi connectivity index (χ1) is 7.76. The van der Waals surface area contributed by atoms with Crippen LogP contribution in [0.25, 0.3) is 10.9 Å². The molecule has 1 aromatic carbocycles. The first kappa shape index (κ1) is 10.7. The number of aromatic nitrogens is 1. The van der Waals surface area contributed by atoms with Gasteiger partial charge in [0.05, 0.1) is 12.2 Å². The average Bonchev–Trinajstić information content (AvgIpc) is 2.71. The molecule has 0 atom stereocenters. The van der Waals surface area contributed by atoms with Crippen LogP contribution < -0.4 is 5.73 Å². The van der Waals surface area contributed by atoms with Gasteiger partial charge in [-0.2, -0.15) is 0 Å². The van der Waals surface area contributed by atoms with Gasteiger partial charge in [-0.15, -0.1) is 0 Å². The molecule has 0 aliphatic heterocycles. The first-order valence-corrected chi connectivity index (χ1v) is 5.23. The van der Waals surface area contributed by atoms with Gasteiger partial charge in [0.25, 0.3) is 0 Å². The van der Waals surface area contributed by atoms with Gasteiger partial charge in [0.1, 0.15) is 0 Å². The quantitative estimate of drug-likeness (QED) is 0.772. The van der Waals surface area contributed by atoms with E-state index in [9.17, 15) is 4.79 Å². The van der Waals surface area contributed by atoms with Crippen molar-refractivity contribution in [2.24, 2.45) is 5.73 Å². The van der Waals surface area contributed by atoms with Crippen LogP contribution in [0.2, 0.25) is 0 Å². The number of nitrogens with two attached hydrogens (primary N) is 1. The van der Waals surface area contributed by atoms with Crippen molar-refractivity contribution in [2.75, 3.05) is 6.61 Å². The summed E-state index contributed by atoms with van der Waals surface area (Å²) in [4.78, 5) is 14.6. The number of nitrogens with one attached hydrogen (secondary N) is 1. The van der Waals surface area contributed by atoms with E-state index in [0.717, 1.165) is 16.5 Å². The number of rotatable bonds is 3. The average molecular weight is 218 g/mol. The maximum atomic E-state index is 11.5. The Morgan fingerprint density at radius 2 is 2.31 bits per heavy atom. The SMILES string of the molecule is CCOC(=O)c1ccc2c(CN)c[nH]c2c1. The van der Waals surface area contributed by atoms with Gasteiger partial charge in [-0.3, -0.25) is 0 Å². The van der Waals surface area contributed by atoms with Crippen molar-refractivity contribution in [1.82, 2.24) is 4.98 Å². The third-order valence-electron chi connectivity index (χ3n) is 2.50. The molecule has 84 valence electrons. The van der Waals surface area contributed by atoms with Crippen LogP contribution in [-0.4, -0.2) is 17.6 Å². The summed E-state index contributed by atoms with van der Waals surface area (Å²) in [6.07, 6.45) is 1.86. The summed E-state index contributed by atoms with van der Waals surface area (Å²) >= 11 is 0. The van der Waals surface area contributed by atoms with E-state index >= 15 is 0 Å². The summed E-state index contributed by atoms with van der Waals surface area (Å²) in [6.45, 7) is 2.66. The zero-order valence-corrected chi connectivity index (χ0v) is 9.12. The van der Waals surface area contributed by atoms with E-state index in [2.05, 4.69) is 4.98 Å². The molecule has 0 fully saturated rings. The fraction of sp³-hybridized carbons (Fsp3) is 0.250. The minimum atomic E-state index is -0.298. The highest BCUT2D eigenvalue weighted by Crippen LogP contribution is 2.19. The molecule has 0 amide bonds. The van der Waals surface area contributed by atoms with Gasteiger partial charge in [0.2, 0.25) is 0 Å². The Balaban J connectivity index is 2.41. The summed E-state index contributed by atoms with van der Waals surface area (Å²) in [6, 6.07) is 5.43. The molecule has 0 spiro atoms. The summed E-state index contributed by atoms with van der Waals surface area (Å²) in [5.74, 6) is -0.298. The van der Waals surface area contributed by atoms with Crippen molar-refractivity contribution in [3.05, 3.63) is 35.5 Å². The van der Waals surface area contributed by atoms with Crippen molar-refractivity contribution < 1.29 is 9.53 Å². The van der Waals surface area contributed by atoms with Crippen molar-refractivity contribution in [3.63, 3.8) is 0 Å². The van der Waals surface area contributed by atoms with Crippen LogP contribution in [0.5, 0.6) is 0 Å². The summed E-state index contributed by atoms with van der Waals surface area (Å²) in [5, 5.41) is 1.05. The third kappa shape index (κ3) is 1.79. The lowest BCUT2D eigenvalue weighted by Gasteiger charge is -2.01. The molecule has 2 aromatic rings. The highest BCUT2D eigenvalue weighted by molar-refractivity contribution is 5.95. The van der Waals surface area contributed by atoms with Crippen LogP contribution in [0.3, 0.4) is 0 Å². The molecular weight excluding hydrogens is 204 g/mol. The van der Waals surface area contributed by atoms with Gasteiger partial charge in [-0.1, -0.05) is 6.07 Å². The van der Waals surface area contributed by atoms with Crippen LogP contribution >= 0.6 is 0 Å². The van der Waals surface area contributed by atoms with Gasteiger partial charge in [-0.25, -0.2) is 4.79 Å². The molecule has 0 aliphatic rings. The zero-order chi connectivity index (χ0) is 11.5. The number of fused-ring (bicyclic) bond motifs is 1. The number of H-pyrrole nitrogens is 1. The first-order valence-electron chi connectivity index (χ1n) is 5.23. The van der Waals surface area contributed by atoms with Crippen molar-refractivity contribution >= 4 is 16.9 Å². The molecule has 4 nitrogen and oxygen atoms in total. The van der Waals surface area contributed by atoms with Crippen LogP contribution in [0, 0.1) is 0 Å². The van der Waals surface area contributed by atoms with E-state index < -0.39 is 0 Å². The lowest BCUT2D eigenvalue weighted by molar-refractivity contribution is 0.0526. The van der Waals surface area contributed by atoms with E-state index in [4.69, 9.17) is 10.5 Å². The summed E-state index contributed by atoms with van der Waals surface area (Å²) < 4.78 is 4.93. The van der Waals surface area contributed by atoms with Crippen LogP contribution in [0.4, 0.5) is 0 Å². The molecule has 1 aromatic heterocycles. The van der Waals surface area contributed by atoms with Crippen LogP contribution in [0.1, 0.15) is 22.8 Å². The number of ether oxygens (including phenoxy) is 1. The van der Waals surface area contributed by atoms with Gasteiger partial charge in [0.15, 0.2) is 0 Å². The summed E-state index contributed by atoms with van der Waals surface area (Å²) in [5.41, 5.74) is 8.10. The molecule has 0 aliphatic carbocycles. The van der Waals surface area contributed by atoms with Crippen molar-refractivity contribution in [1.29, 1.82) is 0 Å². The molecule has 3 N–H and O–H groups in total. The predicted octanol–water partition coefficient (Wildman–Crippen LogP) is 1.80. The Morgan fingerprint density at radius 3 is 3.00 bits per heavy atom. The van der Waals surface area contributed by atoms with E-state index in [-0.39, 0.29) is 5.97 Å². The van der Waals surface area contributed by atoms with Crippen molar-refractivity contribution in [2.45, 2.75) is 13.5 Å². The maximum absolute atomic E-state index is 11.5. The second-order valence-electron chi connectivity index (χ2n) is 3.50. The minimum Gasteiger partial charge on any atom is -0.462 e. The van der Waals surface area contributed by atoms with Gasteiger partial charge < -0.3 is 15.5 Å². The van der Waals surface area contributed by atoms with Crippen LogP contribution in [0.15, 0.2) is 24.4 Å². The number of esters is 1. The summed E-state index contributed by atoms with van der Waals surface area (Å²) in [7, 11) is 0. The number of aromatic amines is 1. The number of hydrogen-bond acceptors (Lipinski definition) is 3. The molecule has 0 radical (unpaired) electrons. The van der Waals surface area contributed by atoms with Gasteiger partial charge >= 0.3 is 5.97 Å². The molecule has 0 unspecified atom stereocenters. The monoisotopic (exact) mass is 218 g/mol. The lowest BCUT2D eigenvalue weighted by Crippen LogP contribution is -2.04. The second kappa shape index (κ2) is 4.37. The van der Waals surface area contributed by atoms with E-state index in [0.29, 0.717) is 18.7 Å². The second-order valence-corrected chi connectivity index (χ2v) is 3.50. The number of hydrogen-bond donors (Lipinski definition) is 2. The maximum Gasteiger partial charge on any atom is 0.338 e. The normalized spacial score (nSPS) is 10.6. The fourth-order valence-corrected chi connectivity index (χ4v) is 1.70. The molecule has 4 heteroatoms. The number of benzene rings is 1. The Hall–Kier alpha value is -1.81. The Labute approximate surface area is 93.4 Å². The van der Waals surface area contributed by atoms with E-state index in [1.165, 1.54) is 0 Å². The highest BCUT2D eigenvalue weighted by Gasteiger charge is 2.09. The molecule has 2 rings (SSSR count). The number of carbonyl (C=O) groups excluding carboxylic acids is 1. The lowest BCUT2D eigenvalue weighted by atomic mass is 10.1. The van der Waals surface area contributed by atoms with Gasteiger partial charge in [-0.05, 0) is 24.6 Å². The predicted molar refractivity (Wildman–Crippen MR) is 62.1 cm³/mol. The van der Waals surface area contributed by atoms with E-state index in [1.54, 1.807) is 19.1 Å². The Kier molecular flexibility index (Phi) is 2.92. The standard InChI is InChI=1S/C12H14N2O2/c1-2-16-12(15)8-3-4-10-9(6-13)7-14-11(10)5-8/h3-5,7,14H,2,6,13H2,1H3. The molecule has 16 heavy (non-hydrogen) atoms. The van der Waals surface area contributed by atoms with Crippen LogP contribution in [-0.2, 0) is 11.3 Å². The highest BCUT2D eigenvalue weighted by atomic mass is 16.5. The van der Waals surface area contributed by atoms with Gasteiger partial charge in [0, 0.05) is 23.6 Å². The van der Waals surface area contributed by atoms with E-state index in [1.807, 2.05) is 12.3 Å². The molecule has 0 bridgehead atoms.